The summed E-state index contributed by atoms with van der Waals surface area (Å²) in [5.74, 6) is 0.832. The minimum atomic E-state index is 0.225. The van der Waals surface area contributed by atoms with Gasteiger partial charge >= 0.3 is 0 Å². The third-order valence-corrected chi connectivity index (χ3v) is 5.43. The Labute approximate surface area is 129 Å². The third kappa shape index (κ3) is 3.32. The van der Waals surface area contributed by atoms with Crippen LogP contribution < -0.4 is 5.32 Å². The van der Waals surface area contributed by atoms with Gasteiger partial charge in [-0.2, -0.15) is 0 Å². The van der Waals surface area contributed by atoms with Crippen molar-refractivity contribution in [2.24, 2.45) is 5.92 Å². The van der Waals surface area contributed by atoms with Gasteiger partial charge in [-0.25, -0.2) is 0 Å². The Hall–Kier alpha value is -0.860. The lowest BCUT2D eigenvalue weighted by Crippen LogP contribution is -2.61. The molecule has 3 unspecified atom stereocenters. The zero-order valence-electron chi connectivity index (χ0n) is 13.8. The SMILES string of the molecule is CC1CCCCC1N1CC(C)(C)NCC1c1ccccc1. The number of nitrogens with zero attached hydrogens (tertiary/aromatic N) is 1. The van der Waals surface area contributed by atoms with E-state index in [0.29, 0.717) is 6.04 Å². The van der Waals surface area contributed by atoms with Gasteiger partial charge in [0.15, 0.2) is 0 Å². The van der Waals surface area contributed by atoms with Gasteiger partial charge in [0.05, 0.1) is 0 Å². The summed E-state index contributed by atoms with van der Waals surface area (Å²) in [5, 5.41) is 3.75. The maximum absolute atomic E-state index is 3.75. The van der Waals surface area contributed by atoms with Gasteiger partial charge in [0.25, 0.3) is 0 Å². The molecule has 1 heterocycles. The van der Waals surface area contributed by atoms with Crippen molar-refractivity contribution in [1.29, 1.82) is 0 Å². The van der Waals surface area contributed by atoms with E-state index in [0.717, 1.165) is 25.0 Å². The van der Waals surface area contributed by atoms with Crippen LogP contribution in [-0.2, 0) is 0 Å². The Morgan fingerprint density at radius 3 is 2.52 bits per heavy atom. The summed E-state index contributed by atoms with van der Waals surface area (Å²) in [6, 6.07) is 12.4. The van der Waals surface area contributed by atoms with Crippen molar-refractivity contribution in [2.75, 3.05) is 13.1 Å². The van der Waals surface area contributed by atoms with E-state index in [1.165, 1.54) is 31.2 Å². The largest absolute Gasteiger partial charge is 0.309 e. The lowest BCUT2D eigenvalue weighted by Gasteiger charge is -2.51. The van der Waals surface area contributed by atoms with Crippen LogP contribution in [0.15, 0.2) is 30.3 Å². The van der Waals surface area contributed by atoms with Gasteiger partial charge in [0, 0.05) is 30.7 Å². The first kappa shape index (κ1) is 15.1. The highest BCUT2D eigenvalue weighted by molar-refractivity contribution is 5.21. The van der Waals surface area contributed by atoms with Crippen LogP contribution in [0.2, 0.25) is 0 Å². The molecule has 3 atom stereocenters. The molecule has 1 saturated carbocycles. The predicted octanol–water partition coefficient (Wildman–Crippen LogP) is 3.99. The van der Waals surface area contributed by atoms with Gasteiger partial charge < -0.3 is 5.32 Å². The number of nitrogens with one attached hydrogen (secondary N) is 1. The Morgan fingerprint density at radius 1 is 1.10 bits per heavy atom. The summed E-state index contributed by atoms with van der Waals surface area (Å²) in [6.45, 7) is 9.37. The molecular weight excluding hydrogens is 256 g/mol. The van der Waals surface area contributed by atoms with Crippen LogP contribution in [0.4, 0.5) is 0 Å². The minimum absolute atomic E-state index is 0.225. The minimum Gasteiger partial charge on any atom is -0.309 e. The zero-order chi connectivity index (χ0) is 14.9. The number of hydrogen-bond acceptors (Lipinski definition) is 2. The van der Waals surface area contributed by atoms with E-state index in [9.17, 15) is 0 Å². The summed E-state index contributed by atoms with van der Waals surface area (Å²) < 4.78 is 0. The average Bonchev–Trinajstić information content (AvgIpc) is 2.48. The maximum atomic E-state index is 3.75. The van der Waals surface area contributed by atoms with Crippen molar-refractivity contribution in [3.63, 3.8) is 0 Å². The fraction of sp³-hybridized carbons (Fsp3) is 0.684. The van der Waals surface area contributed by atoms with Crippen LogP contribution in [0.3, 0.4) is 0 Å². The summed E-state index contributed by atoms with van der Waals surface area (Å²) in [4.78, 5) is 2.82. The topological polar surface area (TPSA) is 15.3 Å². The Balaban J connectivity index is 1.86. The molecule has 21 heavy (non-hydrogen) atoms. The highest BCUT2D eigenvalue weighted by Gasteiger charge is 2.39. The summed E-state index contributed by atoms with van der Waals surface area (Å²) in [6.07, 6.45) is 5.60. The van der Waals surface area contributed by atoms with E-state index < -0.39 is 0 Å². The van der Waals surface area contributed by atoms with Gasteiger partial charge in [-0.1, -0.05) is 50.1 Å². The fourth-order valence-corrected chi connectivity index (χ4v) is 4.24. The first-order valence-corrected chi connectivity index (χ1v) is 8.62. The Morgan fingerprint density at radius 2 is 1.81 bits per heavy atom. The molecule has 0 radical (unpaired) electrons. The van der Waals surface area contributed by atoms with Crippen LogP contribution >= 0.6 is 0 Å². The molecule has 1 aromatic rings. The van der Waals surface area contributed by atoms with Gasteiger partial charge in [0.2, 0.25) is 0 Å². The smallest absolute Gasteiger partial charge is 0.0476 e. The Kier molecular flexibility index (Phi) is 4.37. The van der Waals surface area contributed by atoms with Crippen molar-refractivity contribution >= 4 is 0 Å². The lowest BCUT2D eigenvalue weighted by molar-refractivity contribution is 0.0147. The first-order chi connectivity index (χ1) is 10.1. The second-order valence-electron chi connectivity index (χ2n) is 7.69. The predicted molar refractivity (Wildman–Crippen MR) is 89.4 cm³/mol. The van der Waals surface area contributed by atoms with Crippen LogP contribution in [0.1, 0.15) is 58.1 Å². The first-order valence-electron chi connectivity index (χ1n) is 8.62. The van der Waals surface area contributed by atoms with Gasteiger partial charge in [0.1, 0.15) is 0 Å². The van der Waals surface area contributed by atoms with Crippen molar-refractivity contribution < 1.29 is 0 Å². The highest BCUT2D eigenvalue weighted by Crippen LogP contribution is 2.36. The van der Waals surface area contributed by atoms with Crippen molar-refractivity contribution in [1.82, 2.24) is 10.2 Å². The van der Waals surface area contributed by atoms with Crippen LogP contribution in [0.25, 0.3) is 0 Å². The molecule has 2 aliphatic rings. The maximum Gasteiger partial charge on any atom is 0.0476 e. The fourth-order valence-electron chi connectivity index (χ4n) is 4.24. The van der Waals surface area contributed by atoms with Gasteiger partial charge in [-0.15, -0.1) is 0 Å². The number of piperazine rings is 1. The van der Waals surface area contributed by atoms with Crippen molar-refractivity contribution in [2.45, 2.75) is 64.1 Å². The van der Waals surface area contributed by atoms with Crippen LogP contribution in [-0.4, -0.2) is 29.6 Å². The van der Waals surface area contributed by atoms with Crippen LogP contribution in [0, 0.1) is 5.92 Å². The quantitative estimate of drug-likeness (QED) is 0.884. The van der Waals surface area contributed by atoms with E-state index in [2.05, 4.69) is 61.3 Å². The molecule has 2 nitrogen and oxygen atoms in total. The molecule has 1 aromatic carbocycles. The monoisotopic (exact) mass is 286 g/mol. The summed E-state index contributed by atoms with van der Waals surface area (Å²) in [7, 11) is 0. The molecule has 1 aliphatic carbocycles. The molecule has 2 fully saturated rings. The standard InChI is InChI=1S/C19H30N2/c1-15-9-7-8-12-17(15)21-14-19(2,3)20-13-18(21)16-10-5-4-6-11-16/h4-6,10-11,15,17-18,20H,7-9,12-14H2,1-3H3. The molecule has 3 rings (SSSR count). The number of rotatable bonds is 2. The summed E-state index contributed by atoms with van der Waals surface area (Å²) >= 11 is 0. The van der Waals surface area contributed by atoms with Gasteiger partial charge in [-0.05, 0) is 38.2 Å². The van der Waals surface area contributed by atoms with Gasteiger partial charge in [-0.3, -0.25) is 4.90 Å². The lowest BCUT2D eigenvalue weighted by atomic mass is 9.82. The van der Waals surface area contributed by atoms with E-state index >= 15 is 0 Å². The molecule has 0 amide bonds. The molecular formula is C19H30N2. The van der Waals surface area contributed by atoms with E-state index in [1.54, 1.807) is 0 Å². The third-order valence-electron chi connectivity index (χ3n) is 5.43. The highest BCUT2D eigenvalue weighted by atomic mass is 15.3. The van der Waals surface area contributed by atoms with E-state index in [4.69, 9.17) is 0 Å². The molecule has 116 valence electrons. The van der Waals surface area contributed by atoms with E-state index in [1.807, 2.05) is 0 Å². The molecule has 1 N–H and O–H groups in total. The zero-order valence-corrected chi connectivity index (χ0v) is 13.8. The molecule has 1 saturated heterocycles. The molecule has 1 aliphatic heterocycles. The van der Waals surface area contributed by atoms with E-state index in [-0.39, 0.29) is 5.54 Å². The van der Waals surface area contributed by atoms with Crippen molar-refractivity contribution in [3.8, 4) is 0 Å². The van der Waals surface area contributed by atoms with Crippen LogP contribution in [0.5, 0.6) is 0 Å². The molecule has 0 bridgehead atoms. The number of benzene rings is 1. The summed E-state index contributed by atoms with van der Waals surface area (Å²) in [5.41, 5.74) is 1.70. The molecule has 2 heteroatoms. The molecule has 0 aromatic heterocycles. The normalized spacial score (nSPS) is 33.8. The molecule has 0 spiro atoms. The second kappa shape index (κ2) is 6.10. The average molecular weight is 286 g/mol. The number of hydrogen-bond donors (Lipinski definition) is 1. The second-order valence-corrected chi connectivity index (χ2v) is 7.69. The van der Waals surface area contributed by atoms with Crippen molar-refractivity contribution in [3.05, 3.63) is 35.9 Å². The Bertz CT molecular complexity index is 454.